The molecule has 64 valence electrons. The molecular weight excluding hydrogens is 136 g/mol. The van der Waals surface area contributed by atoms with E-state index in [9.17, 15) is 0 Å². The third-order valence-corrected chi connectivity index (χ3v) is 1.38. The fourth-order valence-electron chi connectivity index (χ4n) is 0.702. The number of aliphatic hydroxyl groups is 1. The van der Waals surface area contributed by atoms with E-state index < -0.39 is 0 Å². The van der Waals surface area contributed by atoms with Gasteiger partial charge in [0.15, 0.2) is 0 Å². The van der Waals surface area contributed by atoms with Gasteiger partial charge in [-0.1, -0.05) is 37.6 Å². The van der Waals surface area contributed by atoms with Crippen LogP contribution in [-0.2, 0) is 0 Å². The summed E-state index contributed by atoms with van der Waals surface area (Å²) in [5.74, 6) is 0.605. The van der Waals surface area contributed by atoms with Gasteiger partial charge in [-0.05, 0) is 19.3 Å². The van der Waals surface area contributed by atoms with E-state index in [1.807, 2.05) is 6.92 Å². The highest BCUT2D eigenvalue weighted by Gasteiger charge is 1.85. The zero-order valence-electron chi connectivity index (χ0n) is 7.67. The fraction of sp³-hybridized carbons (Fsp3) is 0.600. The predicted molar refractivity (Wildman–Crippen MR) is 49.4 cm³/mol. The SMILES string of the molecule is C/C(=C\C=C\C(C)C)CCO. The lowest BCUT2D eigenvalue weighted by Gasteiger charge is -1.94. The molecule has 1 heteroatoms. The van der Waals surface area contributed by atoms with Gasteiger partial charge < -0.3 is 5.11 Å². The molecule has 0 aromatic heterocycles. The fourth-order valence-corrected chi connectivity index (χ4v) is 0.702. The molecule has 0 bridgehead atoms. The van der Waals surface area contributed by atoms with Crippen LogP contribution in [0.25, 0.3) is 0 Å². The van der Waals surface area contributed by atoms with E-state index in [1.54, 1.807) is 0 Å². The van der Waals surface area contributed by atoms with Crippen LogP contribution in [0, 0.1) is 5.92 Å². The van der Waals surface area contributed by atoms with Crippen LogP contribution < -0.4 is 0 Å². The van der Waals surface area contributed by atoms with E-state index in [1.165, 1.54) is 5.57 Å². The lowest BCUT2D eigenvalue weighted by atomic mass is 10.1. The van der Waals surface area contributed by atoms with Crippen molar-refractivity contribution in [2.45, 2.75) is 27.2 Å². The molecule has 0 aromatic carbocycles. The predicted octanol–water partition coefficient (Wildman–Crippen LogP) is 2.53. The van der Waals surface area contributed by atoms with Crippen molar-refractivity contribution < 1.29 is 5.11 Å². The van der Waals surface area contributed by atoms with E-state index in [4.69, 9.17) is 5.11 Å². The van der Waals surface area contributed by atoms with Crippen LogP contribution in [0.1, 0.15) is 27.2 Å². The van der Waals surface area contributed by atoms with Crippen LogP contribution in [0.15, 0.2) is 23.8 Å². The second kappa shape index (κ2) is 6.17. The van der Waals surface area contributed by atoms with E-state index in [0.717, 1.165) is 6.42 Å². The maximum atomic E-state index is 8.58. The van der Waals surface area contributed by atoms with Crippen LogP contribution in [0.3, 0.4) is 0 Å². The number of rotatable bonds is 4. The van der Waals surface area contributed by atoms with Gasteiger partial charge in [0.05, 0.1) is 0 Å². The maximum absolute atomic E-state index is 8.58. The molecule has 0 saturated carbocycles. The molecule has 0 atom stereocenters. The molecule has 1 N–H and O–H groups in total. The maximum Gasteiger partial charge on any atom is 0.0468 e. The molecular formula is C10H18O. The molecule has 0 heterocycles. The summed E-state index contributed by atoms with van der Waals surface area (Å²) < 4.78 is 0. The molecule has 0 saturated heterocycles. The van der Waals surface area contributed by atoms with E-state index >= 15 is 0 Å². The number of allylic oxidation sites excluding steroid dienone is 3. The highest BCUT2D eigenvalue weighted by molar-refractivity contribution is 5.10. The Morgan fingerprint density at radius 1 is 1.45 bits per heavy atom. The molecule has 0 spiro atoms. The topological polar surface area (TPSA) is 20.2 Å². The van der Waals surface area contributed by atoms with Crippen LogP contribution >= 0.6 is 0 Å². The minimum Gasteiger partial charge on any atom is -0.396 e. The Hall–Kier alpha value is -0.560. The van der Waals surface area contributed by atoms with Gasteiger partial charge in [0.2, 0.25) is 0 Å². The van der Waals surface area contributed by atoms with Gasteiger partial charge in [0, 0.05) is 6.61 Å². The quantitative estimate of drug-likeness (QED) is 0.617. The van der Waals surface area contributed by atoms with Crippen LogP contribution in [0.4, 0.5) is 0 Å². The summed E-state index contributed by atoms with van der Waals surface area (Å²) >= 11 is 0. The van der Waals surface area contributed by atoms with Crippen molar-refractivity contribution in [3.63, 3.8) is 0 Å². The van der Waals surface area contributed by atoms with E-state index in [-0.39, 0.29) is 6.61 Å². The second-order valence-corrected chi connectivity index (χ2v) is 3.12. The third-order valence-electron chi connectivity index (χ3n) is 1.38. The monoisotopic (exact) mass is 154 g/mol. The molecule has 0 fully saturated rings. The molecule has 11 heavy (non-hydrogen) atoms. The molecule has 0 aliphatic heterocycles. The first kappa shape index (κ1) is 10.4. The minimum absolute atomic E-state index is 0.248. The normalized spacial score (nSPS) is 13.4. The molecule has 0 aliphatic rings. The van der Waals surface area contributed by atoms with E-state index in [0.29, 0.717) is 5.92 Å². The molecule has 0 rings (SSSR count). The summed E-state index contributed by atoms with van der Waals surface area (Å²) in [6.07, 6.45) is 7.02. The molecule has 0 amide bonds. The molecule has 0 unspecified atom stereocenters. The van der Waals surface area contributed by atoms with Gasteiger partial charge in [-0.3, -0.25) is 0 Å². The lowest BCUT2D eigenvalue weighted by Crippen LogP contribution is -1.82. The van der Waals surface area contributed by atoms with Gasteiger partial charge in [0.25, 0.3) is 0 Å². The summed E-state index contributed by atoms with van der Waals surface area (Å²) in [6, 6.07) is 0. The van der Waals surface area contributed by atoms with E-state index in [2.05, 4.69) is 32.1 Å². The summed E-state index contributed by atoms with van der Waals surface area (Å²) in [6.45, 7) is 6.57. The standard InChI is InChI=1S/C10H18O/c1-9(2)5-4-6-10(3)7-8-11/h4-6,9,11H,7-8H2,1-3H3/b5-4+,10-6+. The lowest BCUT2D eigenvalue weighted by molar-refractivity contribution is 0.299. The highest BCUT2D eigenvalue weighted by Crippen LogP contribution is 2.00. The summed E-state index contributed by atoms with van der Waals surface area (Å²) in [5.41, 5.74) is 1.23. The van der Waals surface area contributed by atoms with Crippen molar-refractivity contribution in [2.75, 3.05) is 6.61 Å². The molecule has 1 nitrogen and oxygen atoms in total. The Balaban J connectivity index is 3.71. The Kier molecular flexibility index (Phi) is 5.86. The summed E-state index contributed by atoms with van der Waals surface area (Å²) in [5, 5.41) is 8.58. The first-order chi connectivity index (χ1) is 5.16. The van der Waals surface area contributed by atoms with Gasteiger partial charge in [-0.15, -0.1) is 0 Å². The largest absolute Gasteiger partial charge is 0.396 e. The summed E-state index contributed by atoms with van der Waals surface area (Å²) in [7, 11) is 0. The minimum atomic E-state index is 0.248. The first-order valence-corrected chi connectivity index (χ1v) is 4.11. The van der Waals surface area contributed by atoms with Crippen LogP contribution in [0.5, 0.6) is 0 Å². The van der Waals surface area contributed by atoms with Gasteiger partial charge in [-0.2, -0.15) is 0 Å². The van der Waals surface area contributed by atoms with Crippen molar-refractivity contribution in [3.8, 4) is 0 Å². The van der Waals surface area contributed by atoms with Gasteiger partial charge in [-0.25, -0.2) is 0 Å². The Labute approximate surface area is 69.4 Å². The number of hydrogen-bond donors (Lipinski definition) is 1. The van der Waals surface area contributed by atoms with Crippen LogP contribution in [-0.4, -0.2) is 11.7 Å². The van der Waals surface area contributed by atoms with Crippen molar-refractivity contribution >= 4 is 0 Å². The zero-order valence-corrected chi connectivity index (χ0v) is 7.67. The van der Waals surface area contributed by atoms with Gasteiger partial charge >= 0.3 is 0 Å². The average molecular weight is 154 g/mol. The zero-order chi connectivity index (χ0) is 8.69. The molecule has 0 aliphatic carbocycles. The number of hydrogen-bond acceptors (Lipinski definition) is 1. The van der Waals surface area contributed by atoms with Crippen molar-refractivity contribution in [1.82, 2.24) is 0 Å². The summed E-state index contributed by atoms with van der Waals surface area (Å²) in [4.78, 5) is 0. The smallest absolute Gasteiger partial charge is 0.0468 e. The van der Waals surface area contributed by atoms with Crippen LogP contribution in [0.2, 0.25) is 0 Å². The Bertz CT molecular complexity index is 143. The van der Waals surface area contributed by atoms with Gasteiger partial charge in [0.1, 0.15) is 0 Å². The highest BCUT2D eigenvalue weighted by atomic mass is 16.2. The third kappa shape index (κ3) is 7.34. The molecule has 0 aromatic rings. The average Bonchev–Trinajstić information content (AvgIpc) is 1.87. The number of aliphatic hydroxyl groups excluding tert-OH is 1. The Morgan fingerprint density at radius 2 is 2.09 bits per heavy atom. The molecule has 0 radical (unpaired) electrons. The second-order valence-electron chi connectivity index (χ2n) is 3.12. The first-order valence-electron chi connectivity index (χ1n) is 4.11. The van der Waals surface area contributed by atoms with Crippen molar-refractivity contribution in [3.05, 3.63) is 23.8 Å². The van der Waals surface area contributed by atoms with Crippen molar-refractivity contribution in [1.29, 1.82) is 0 Å². The van der Waals surface area contributed by atoms with Crippen molar-refractivity contribution in [2.24, 2.45) is 5.92 Å². The Morgan fingerprint density at radius 3 is 2.55 bits per heavy atom.